The Morgan fingerprint density at radius 3 is 2.77 bits per heavy atom. The van der Waals surface area contributed by atoms with Gasteiger partial charge in [-0.15, -0.1) is 15.3 Å². The summed E-state index contributed by atoms with van der Waals surface area (Å²) in [4.78, 5) is 16.6. The molecule has 26 heavy (non-hydrogen) atoms. The third-order valence-electron chi connectivity index (χ3n) is 6.10. The molecule has 8 heteroatoms. The second-order valence-corrected chi connectivity index (χ2v) is 7.72. The highest BCUT2D eigenvalue weighted by Crippen LogP contribution is 2.35. The Morgan fingerprint density at radius 2 is 2.08 bits per heavy atom. The Balaban J connectivity index is 1.27. The Kier molecular flexibility index (Phi) is 3.81. The van der Waals surface area contributed by atoms with E-state index < -0.39 is 0 Å². The summed E-state index contributed by atoms with van der Waals surface area (Å²) < 4.78 is 7.25. The summed E-state index contributed by atoms with van der Waals surface area (Å²) in [5.41, 5.74) is 0.807. The molecule has 2 saturated heterocycles. The van der Waals surface area contributed by atoms with Crippen LogP contribution in [-0.4, -0.2) is 70.0 Å². The molecule has 138 valence electrons. The summed E-state index contributed by atoms with van der Waals surface area (Å²) in [6, 6.07) is 4.22. The van der Waals surface area contributed by atoms with E-state index in [0.29, 0.717) is 19.1 Å². The van der Waals surface area contributed by atoms with Crippen molar-refractivity contribution in [2.75, 3.05) is 38.3 Å². The van der Waals surface area contributed by atoms with Crippen molar-refractivity contribution in [3.8, 4) is 0 Å². The highest BCUT2D eigenvalue weighted by atomic mass is 16.5. The molecule has 1 atom stereocenters. The first-order valence-electron chi connectivity index (χ1n) is 9.52. The van der Waals surface area contributed by atoms with Crippen LogP contribution in [0.3, 0.4) is 0 Å². The van der Waals surface area contributed by atoms with Gasteiger partial charge in [0.2, 0.25) is 5.91 Å². The van der Waals surface area contributed by atoms with Crippen molar-refractivity contribution in [2.24, 2.45) is 5.92 Å². The molecule has 1 unspecified atom stereocenters. The van der Waals surface area contributed by atoms with Crippen molar-refractivity contribution in [3.05, 3.63) is 18.0 Å². The van der Waals surface area contributed by atoms with Crippen LogP contribution in [0.4, 0.5) is 5.82 Å². The van der Waals surface area contributed by atoms with Crippen molar-refractivity contribution in [1.29, 1.82) is 0 Å². The molecule has 8 nitrogen and oxygen atoms in total. The molecule has 5 rings (SSSR count). The number of aromatic nitrogens is 4. The van der Waals surface area contributed by atoms with Gasteiger partial charge in [-0.3, -0.25) is 4.79 Å². The molecule has 0 aromatic carbocycles. The molecule has 1 saturated carbocycles. The van der Waals surface area contributed by atoms with Crippen LogP contribution in [0.15, 0.2) is 12.1 Å². The van der Waals surface area contributed by atoms with Gasteiger partial charge in [-0.2, -0.15) is 4.52 Å². The number of carbonyl (C=O) groups is 1. The molecule has 3 aliphatic rings. The smallest absolute Gasteiger partial charge is 0.228 e. The maximum Gasteiger partial charge on any atom is 0.228 e. The molecule has 0 bridgehead atoms. The average molecular weight is 356 g/mol. The summed E-state index contributed by atoms with van der Waals surface area (Å²) in [6.45, 7) is 2.90. The lowest BCUT2D eigenvalue weighted by atomic mass is 9.85. The summed E-state index contributed by atoms with van der Waals surface area (Å²) in [6.07, 6.45) is 4.46. The van der Waals surface area contributed by atoms with E-state index in [-0.39, 0.29) is 17.9 Å². The van der Waals surface area contributed by atoms with Crippen LogP contribution < -0.4 is 4.90 Å². The minimum absolute atomic E-state index is 0.0329. The zero-order valence-corrected chi connectivity index (χ0v) is 15.0. The molecule has 2 aromatic rings. The van der Waals surface area contributed by atoms with Gasteiger partial charge in [-0.05, 0) is 31.4 Å². The minimum atomic E-state index is 0.0329. The summed E-state index contributed by atoms with van der Waals surface area (Å²) in [5, 5.41) is 13.4. The first-order chi connectivity index (χ1) is 12.7. The second kappa shape index (κ2) is 6.19. The third-order valence-corrected chi connectivity index (χ3v) is 6.10. The number of likely N-dealkylation sites (N-methyl/N-ethyl adjacent to an activating group) is 1. The maximum atomic E-state index is 12.5. The van der Waals surface area contributed by atoms with E-state index in [1.165, 1.54) is 19.3 Å². The fraction of sp³-hybridized carbons (Fsp3) is 0.667. The van der Waals surface area contributed by atoms with Crippen molar-refractivity contribution in [3.63, 3.8) is 0 Å². The Labute approximate surface area is 152 Å². The molecule has 0 spiro atoms. The van der Waals surface area contributed by atoms with Crippen LogP contribution in [-0.2, 0) is 9.53 Å². The molecule has 1 amide bonds. The third kappa shape index (κ3) is 2.55. The van der Waals surface area contributed by atoms with Crippen LogP contribution in [0.25, 0.3) is 5.65 Å². The Hall–Kier alpha value is -2.22. The fourth-order valence-electron chi connectivity index (χ4n) is 3.97. The second-order valence-electron chi connectivity index (χ2n) is 7.72. The van der Waals surface area contributed by atoms with Crippen molar-refractivity contribution in [1.82, 2.24) is 24.7 Å². The van der Waals surface area contributed by atoms with Gasteiger partial charge >= 0.3 is 0 Å². The van der Waals surface area contributed by atoms with Crippen molar-refractivity contribution in [2.45, 2.75) is 37.6 Å². The number of carbonyl (C=O) groups excluding carboxylic acids is 1. The largest absolute Gasteiger partial charge is 0.381 e. The van der Waals surface area contributed by atoms with Gasteiger partial charge in [0.15, 0.2) is 11.5 Å². The number of hydrogen-bond acceptors (Lipinski definition) is 6. The van der Waals surface area contributed by atoms with Crippen LogP contribution in [0.5, 0.6) is 0 Å². The van der Waals surface area contributed by atoms with Gasteiger partial charge in [-0.1, -0.05) is 6.42 Å². The first kappa shape index (κ1) is 16.0. The number of fused-ring (bicyclic) bond motifs is 1. The molecule has 3 fully saturated rings. The predicted octanol–water partition coefficient (Wildman–Crippen LogP) is 1.08. The maximum absolute atomic E-state index is 12.5. The van der Waals surface area contributed by atoms with Crippen LogP contribution >= 0.6 is 0 Å². The lowest BCUT2D eigenvalue weighted by Gasteiger charge is -2.45. The average Bonchev–Trinajstić information content (AvgIpc) is 3.21. The zero-order valence-electron chi connectivity index (χ0n) is 15.0. The first-order valence-corrected chi connectivity index (χ1v) is 9.52. The van der Waals surface area contributed by atoms with Gasteiger partial charge in [-0.25, -0.2) is 0 Å². The molecule has 1 aliphatic carbocycles. The van der Waals surface area contributed by atoms with Gasteiger partial charge < -0.3 is 14.5 Å². The Morgan fingerprint density at radius 1 is 1.23 bits per heavy atom. The fourth-order valence-corrected chi connectivity index (χ4v) is 3.97. The standard InChI is InChI=1S/C18H24N6O2/c1-22(18(25)13-7-8-26-11-13)14-9-23(10-14)16-6-5-15-19-20-17(24(15)21-16)12-3-2-4-12/h5-6,12-14H,2-4,7-11H2,1H3. The van der Waals surface area contributed by atoms with Gasteiger partial charge in [0.1, 0.15) is 5.82 Å². The topological polar surface area (TPSA) is 75.9 Å². The lowest BCUT2D eigenvalue weighted by Crippen LogP contribution is -2.61. The van der Waals surface area contributed by atoms with Gasteiger partial charge in [0, 0.05) is 32.7 Å². The molecule has 0 radical (unpaired) electrons. The van der Waals surface area contributed by atoms with E-state index in [1.807, 2.05) is 28.6 Å². The normalized spacial score (nSPS) is 23.9. The summed E-state index contributed by atoms with van der Waals surface area (Å²) >= 11 is 0. The number of ether oxygens (including phenoxy) is 1. The van der Waals surface area contributed by atoms with E-state index in [0.717, 1.165) is 36.8 Å². The monoisotopic (exact) mass is 356 g/mol. The molecule has 2 aromatic heterocycles. The van der Waals surface area contributed by atoms with Crippen molar-refractivity contribution < 1.29 is 9.53 Å². The van der Waals surface area contributed by atoms with Crippen LogP contribution in [0.1, 0.15) is 37.4 Å². The number of rotatable bonds is 4. The predicted molar refractivity (Wildman–Crippen MR) is 95.1 cm³/mol. The van der Waals surface area contributed by atoms with Crippen LogP contribution in [0, 0.1) is 5.92 Å². The summed E-state index contributed by atoms with van der Waals surface area (Å²) in [7, 11) is 1.91. The molecular formula is C18H24N6O2. The molecule has 4 heterocycles. The van der Waals surface area contributed by atoms with E-state index in [2.05, 4.69) is 15.1 Å². The minimum Gasteiger partial charge on any atom is -0.381 e. The highest BCUT2D eigenvalue weighted by Gasteiger charge is 2.37. The highest BCUT2D eigenvalue weighted by molar-refractivity contribution is 5.79. The van der Waals surface area contributed by atoms with Crippen LogP contribution in [0.2, 0.25) is 0 Å². The molecule has 2 aliphatic heterocycles. The van der Waals surface area contributed by atoms with Crippen molar-refractivity contribution >= 4 is 17.4 Å². The van der Waals surface area contributed by atoms with Gasteiger partial charge in [0.05, 0.1) is 18.6 Å². The number of hydrogen-bond donors (Lipinski definition) is 0. The number of amides is 1. The number of anilines is 1. The molecular weight excluding hydrogens is 332 g/mol. The number of nitrogens with zero attached hydrogens (tertiary/aromatic N) is 6. The Bertz CT molecular complexity index is 820. The quantitative estimate of drug-likeness (QED) is 0.816. The van der Waals surface area contributed by atoms with Gasteiger partial charge in [0.25, 0.3) is 0 Å². The molecule has 0 N–H and O–H groups in total. The van der Waals surface area contributed by atoms with E-state index in [9.17, 15) is 4.79 Å². The lowest BCUT2D eigenvalue weighted by molar-refractivity contribution is -0.136. The van der Waals surface area contributed by atoms with E-state index in [4.69, 9.17) is 9.84 Å². The summed E-state index contributed by atoms with van der Waals surface area (Å²) in [5.74, 6) is 2.65. The SMILES string of the molecule is CN(C(=O)C1CCOC1)C1CN(c2ccc3nnc(C4CCC4)n3n2)C1. The van der Waals surface area contributed by atoms with E-state index >= 15 is 0 Å². The van der Waals surface area contributed by atoms with E-state index in [1.54, 1.807) is 0 Å². The zero-order chi connectivity index (χ0) is 17.7.